The van der Waals surface area contributed by atoms with Gasteiger partial charge in [-0.1, -0.05) is 12.1 Å². The number of carbonyl (C=O) groups excluding carboxylic acids is 1. The van der Waals surface area contributed by atoms with E-state index < -0.39 is 26.4 Å². The van der Waals surface area contributed by atoms with Gasteiger partial charge in [-0.2, -0.15) is 8.78 Å². The third-order valence-corrected chi connectivity index (χ3v) is 5.58. The number of hydrogen-bond donors (Lipinski definition) is 0. The summed E-state index contributed by atoms with van der Waals surface area (Å²) in [6.45, 7) is 0.553. The van der Waals surface area contributed by atoms with Crippen molar-refractivity contribution in [1.82, 2.24) is 14.9 Å². The van der Waals surface area contributed by atoms with E-state index in [1.807, 2.05) is 0 Å². The number of ether oxygens (including phenoxy) is 1. The minimum absolute atomic E-state index is 0.178. The molecule has 27 heavy (non-hydrogen) atoms. The van der Waals surface area contributed by atoms with Crippen LogP contribution in [0.5, 0.6) is 6.01 Å². The molecule has 0 spiro atoms. The van der Waals surface area contributed by atoms with E-state index in [1.165, 1.54) is 35.5 Å². The van der Waals surface area contributed by atoms with Gasteiger partial charge in [-0.25, -0.2) is 18.4 Å². The van der Waals surface area contributed by atoms with E-state index in [0.717, 1.165) is 6.07 Å². The maximum Gasteiger partial charge on any atom is 0.341 e. The van der Waals surface area contributed by atoms with Gasteiger partial charge in [-0.3, -0.25) is 4.79 Å². The second-order valence-electron chi connectivity index (χ2n) is 5.97. The molecule has 2 aromatic rings. The summed E-state index contributed by atoms with van der Waals surface area (Å²) in [5, 5.41) is 0. The van der Waals surface area contributed by atoms with Crippen LogP contribution in [0.4, 0.5) is 8.78 Å². The fourth-order valence-corrected chi connectivity index (χ4v) is 3.79. The van der Waals surface area contributed by atoms with Gasteiger partial charge in [0.05, 0.1) is 17.0 Å². The fourth-order valence-electron chi connectivity index (χ4n) is 2.87. The molecule has 1 atom stereocenters. The molecule has 0 N–H and O–H groups in total. The fraction of sp³-hybridized carbons (Fsp3) is 0.353. The second-order valence-corrected chi connectivity index (χ2v) is 7.85. The highest BCUT2D eigenvalue weighted by Crippen LogP contribution is 2.25. The van der Waals surface area contributed by atoms with Crippen molar-refractivity contribution >= 4 is 15.7 Å². The third-order valence-electron chi connectivity index (χ3n) is 4.14. The maximum absolute atomic E-state index is 12.9. The molecule has 1 amide bonds. The van der Waals surface area contributed by atoms with Crippen molar-refractivity contribution in [2.45, 2.75) is 29.6 Å². The summed E-state index contributed by atoms with van der Waals surface area (Å²) in [5.41, 5.74) is -0.269. The van der Waals surface area contributed by atoms with Crippen molar-refractivity contribution in [2.75, 3.05) is 13.1 Å². The van der Waals surface area contributed by atoms with Gasteiger partial charge in [0, 0.05) is 18.9 Å². The lowest BCUT2D eigenvalue weighted by molar-refractivity contribution is 0.0512. The smallest absolute Gasteiger partial charge is 0.341 e. The van der Waals surface area contributed by atoms with Crippen LogP contribution in [0.1, 0.15) is 23.2 Å². The normalized spacial score (nSPS) is 17.7. The predicted octanol–water partition coefficient (Wildman–Crippen LogP) is 2.16. The number of alkyl halides is 2. The number of halogens is 2. The second kappa shape index (κ2) is 7.95. The van der Waals surface area contributed by atoms with Gasteiger partial charge in [0.1, 0.15) is 6.10 Å². The molecule has 0 radical (unpaired) electrons. The number of carbonyl (C=O) groups is 1. The molecule has 1 aromatic carbocycles. The van der Waals surface area contributed by atoms with Crippen LogP contribution in [0, 0.1) is 0 Å². The summed E-state index contributed by atoms with van der Waals surface area (Å²) in [6.07, 6.45) is 3.97. The van der Waals surface area contributed by atoms with Gasteiger partial charge in [0.25, 0.3) is 5.91 Å². The Morgan fingerprint density at radius 3 is 2.59 bits per heavy atom. The minimum atomic E-state index is -4.89. The molecule has 1 saturated heterocycles. The van der Waals surface area contributed by atoms with Crippen LogP contribution >= 0.6 is 0 Å². The highest BCUT2D eigenvalue weighted by molar-refractivity contribution is 7.91. The molecule has 3 rings (SSSR count). The van der Waals surface area contributed by atoms with E-state index in [4.69, 9.17) is 4.74 Å². The summed E-state index contributed by atoms with van der Waals surface area (Å²) in [7, 11) is -4.89. The Kier molecular flexibility index (Phi) is 5.64. The van der Waals surface area contributed by atoms with Gasteiger partial charge in [-0.15, -0.1) is 0 Å². The number of rotatable bonds is 5. The molecule has 7 nitrogen and oxygen atoms in total. The van der Waals surface area contributed by atoms with Crippen molar-refractivity contribution in [3.8, 4) is 6.01 Å². The van der Waals surface area contributed by atoms with Gasteiger partial charge in [-0.05, 0) is 31.0 Å². The SMILES string of the molecule is O=C(c1ccccc1S(=O)(=O)C(F)F)N1CCC[C@H](Oc2ncccn2)C1. The van der Waals surface area contributed by atoms with E-state index in [2.05, 4.69) is 9.97 Å². The lowest BCUT2D eigenvalue weighted by Gasteiger charge is -2.32. The number of amides is 1. The molecule has 1 aromatic heterocycles. The molecular formula is C17H17F2N3O4S. The van der Waals surface area contributed by atoms with E-state index in [0.29, 0.717) is 19.4 Å². The lowest BCUT2D eigenvalue weighted by atomic mass is 10.1. The molecule has 0 unspecified atom stereocenters. The average molecular weight is 397 g/mol. The van der Waals surface area contributed by atoms with E-state index in [9.17, 15) is 22.0 Å². The molecule has 0 saturated carbocycles. The number of nitrogens with zero attached hydrogens (tertiary/aromatic N) is 3. The van der Waals surface area contributed by atoms with Crippen LogP contribution in [0.3, 0.4) is 0 Å². The van der Waals surface area contributed by atoms with Crippen molar-refractivity contribution in [1.29, 1.82) is 0 Å². The Balaban J connectivity index is 1.80. The Morgan fingerprint density at radius 1 is 1.19 bits per heavy atom. The van der Waals surface area contributed by atoms with Crippen molar-refractivity contribution < 1.29 is 26.7 Å². The van der Waals surface area contributed by atoms with Gasteiger partial charge in [0.2, 0.25) is 9.84 Å². The largest absolute Gasteiger partial charge is 0.458 e. The maximum atomic E-state index is 12.9. The zero-order chi connectivity index (χ0) is 19.4. The topological polar surface area (TPSA) is 89.5 Å². The standard InChI is InChI=1S/C17H17F2N3O4S/c18-16(19)27(24,25)14-7-2-1-6-13(14)15(23)22-10-3-5-12(11-22)26-17-20-8-4-9-21-17/h1-2,4,6-9,12,16H,3,5,10-11H2/t12-/m0/s1. The third kappa shape index (κ3) is 4.21. The van der Waals surface area contributed by atoms with E-state index in [1.54, 1.807) is 6.07 Å². The van der Waals surface area contributed by atoms with Crippen LogP contribution < -0.4 is 4.74 Å². The average Bonchev–Trinajstić information content (AvgIpc) is 2.68. The minimum Gasteiger partial charge on any atom is -0.458 e. The van der Waals surface area contributed by atoms with Crippen LogP contribution in [0.2, 0.25) is 0 Å². The van der Waals surface area contributed by atoms with Crippen LogP contribution in [0.25, 0.3) is 0 Å². The number of aromatic nitrogens is 2. The van der Waals surface area contributed by atoms with Crippen LogP contribution in [-0.2, 0) is 9.84 Å². The quantitative estimate of drug-likeness (QED) is 0.768. The molecule has 0 bridgehead atoms. The predicted molar refractivity (Wildman–Crippen MR) is 91.2 cm³/mol. The zero-order valence-electron chi connectivity index (χ0n) is 14.2. The highest BCUT2D eigenvalue weighted by atomic mass is 32.2. The summed E-state index contributed by atoms with van der Waals surface area (Å²) in [6, 6.07) is 6.82. The summed E-state index contributed by atoms with van der Waals surface area (Å²) in [4.78, 5) is 21.5. The van der Waals surface area contributed by atoms with Crippen molar-refractivity contribution in [3.05, 3.63) is 48.3 Å². The molecular weight excluding hydrogens is 380 g/mol. The van der Waals surface area contributed by atoms with E-state index in [-0.39, 0.29) is 24.2 Å². The number of likely N-dealkylation sites (tertiary alicyclic amines) is 1. The van der Waals surface area contributed by atoms with E-state index >= 15 is 0 Å². The highest BCUT2D eigenvalue weighted by Gasteiger charge is 2.33. The first-order valence-corrected chi connectivity index (χ1v) is 9.78. The van der Waals surface area contributed by atoms with Gasteiger partial charge >= 0.3 is 11.8 Å². The summed E-state index contributed by atoms with van der Waals surface area (Å²) < 4.78 is 55.3. The van der Waals surface area contributed by atoms with Gasteiger partial charge < -0.3 is 9.64 Å². The lowest BCUT2D eigenvalue weighted by Crippen LogP contribution is -2.45. The first-order chi connectivity index (χ1) is 12.9. The Bertz CT molecular complexity index is 909. The Hall–Kier alpha value is -2.62. The first kappa shape index (κ1) is 19.2. The molecule has 144 valence electrons. The zero-order valence-corrected chi connectivity index (χ0v) is 15.0. The van der Waals surface area contributed by atoms with Gasteiger partial charge in [0.15, 0.2) is 0 Å². The number of hydrogen-bond acceptors (Lipinski definition) is 6. The molecule has 10 heteroatoms. The van der Waals surface area contributed by atoms with Crippen LogP contribution in [-0.4, -0.2) is 54.1 Å². The number of benzene rings is 1. The summed E-state index contributed by atoms with van der Waals surface area (Å²) in [5.74, 6) is -4.23. The number of piperidine rings is 1. The Labute approximate surface area is 154 Å². The molecule has 1 aliphatic heterocycles. The molecule has 1 aliphatic rings. The van der Waals surface area contributed by atoms with Crippen LogP contribution in [0.15, 0.2) is 47.6 Å². The molecule has 2 heterocycles. The Morgan fingerprint density at radius 2 is 1.89 bits per heavy atom. The first-order valence-electron chi connectivity index (χ1n) is 8.23. The summed E-state index contributed by atoms with van der Waals surface area (Å²) >= 11 is 0. The van der Waals surface area contributed by atoms with Crippen molar-refractivity contribution in [2.24, 2.45) is 0 Å². The molecule has 0 aliphatic carbocycles. The molecule has 1 fully saturated rings. The number of sulfone groups is 1. The van der Waals surface area contributed by atoms with Crippen molar-refractivity contribution in [3.63, 3.8) is 0 Å². The monoisotopic (exact) mass is 397 g/mol.